The predicted octanol–water partition coefficient (Wildman–Crippen LogP) is 4.49. The third-order valence-corrected chi connectivity index (χ3v) is 4.18. The van der Waals surface area contributed by atoms with Crippen molar-refractivity contribution in [2.45, 2.75) is 19.8 Å². The molecule has 0 bridgehead atoms. The molecule has 2 aromatic carbocycles. The van der Waals surface area contributed by atoms with E-state index in [1.165, 1.54) is 5.56 Å². The quantitative estimate of drug-likeness (QED) is 0.757. The minimum Gasteiger partial charge on any atom is -0.483 e. The Kier molecular flexibility index (Phi) is 6.67. The summed E-state index contributed by atoms with van der Waals surface area (Å²) in [6.45, 7) is 2.12. The standard InChI is InChI=1S/C19H23BrN2O2/c1-4-5-14-6-11-18(17(20)12-14)24-13-19(23)21-15-7-9-16(10-8-15)22(2)3/h6-12H,4-5,13H2,1-3H3,(H,21,23). The number of nitrogens with zero attached hydrogens (tertiary/aromatic N) is 1. The van der Waals surface area contributed by atoms with Crippen LogP contribution in [0.2, 0.25) is 0 Å². The van der Waals surface area contributed by atoms with Gasteiger partial charge in [0.25, 0.3) is 5.91 Å². The number of ether oxygens (including phenoxy) is 1. The molecule has 0 fully saturated rings. The second kappa shape index (κ2) is 8.73. The van der Waals surface area contributed by atoms with E-state index in [1.54, 1.807) is 0 Å². The average Bonchev–Trinajstić information content (AvgIpc) is 2.55. The monoisotopic (exact) mass is 390 g/mol. The Morgan fingerprint density at radius 3 is 2.46 bits per heavy atom. The third-order valence-electron chi connectivity index (χ3n) is 3.56. The van der Waals surface area contributed by atoms with E-state index in [0.29, 0.717) is 5.75 Å². The van der Waals surface area contributed by atoms with Crippen LogP contribution in [0.3, 0.4) is 0 Å². The van der Waals surface area contributed by atoms with Crippen molar-refractivity contribution in [1.29, 1.82) is 0 Å². The zero-order valence-corrected chi connectivity index (χ0v) is 15.9. The summed E-state index contributed by atoms with van der Waals surface area (Å²) in [5.41, 5.74) is 3.09. The fourth-order valence-corrected chi connectivity index (χ4v) is 2.83. The minimum absolute atomic E-state index is 0.0266. The Hall–Kier alpha value is -2.01. The van der Waals surface area contributed by atoms with Crippen LogP contribution in [-0.4, -0.2) is 26.6 Å². The van der Waals surface area contributed by atoms with Gasteiger partial charge in [-0.2, -0.15) is 0 Å². The lowest BCUT2D eigenvalue weighted by Gasteiger charge is -2.13. The number of hydrogen-bond donors (Lipinski definition) is 1. The molecule has 0 atom stereocenters. The molecule has 24 heavy (non-hydrogen) atoms. The van der Waals surface area contributed by atoms with Crippen molar-refractivity contribution in [3.05, 3.63) is 52.5 Å². The van der Waals surface area contributed by atoms with Gasteiger partial charge in [-0.05, 0) is 64.3 Å². The molecule has 2 aromatic rings. The highest BCUT2D eigenvalue weighted by atomic mass is 79.9. The second-order valence-electron chi connectivity index (χ2n) is 5.79. The van der Waals surface area contributed by atoms with E-state index in [-0.39, 0.29) is 12.5 Å². The molecule has 0 radical (unpaired) electrons. The smallest absolute Gasteiger partial charge is 0.262 e. The van der Waals surface area contributed by atoms with Gasteiger partial charge in [0.1, 0.15) is 5.75 Å². The van der Waals surface area contributed by atoms with Crippen molar-refractivity contribution in [2.24, 2.45) is 0 Å². The van der Waals surface area contributed by atoms with Gasteiger partial charge >= 0.3 is 0 Å². The number of rotatable bonds is 7. The van der Waals surface area contributed by atoms with Gasteiger partial charge in [-0.25, -0.2) is 0 Å². The number of hydrogen-bond acceptors (Lipinski definition) is 3. The molecule has 0 saturated carbocycles. The number of benzene rings is 2. The van der Waals surface area contributed by atoms with Crippen LogP contribution >= 0.6 is 15.9 Å². The molecule has 0 aliphatic heterocycles. The van der Waals surface area contributed by atoms with Gasteiger partial charge in [0.15, 0.2) is 6.61 Å². The Morgan fingerprint density at radius 1 is 1.17 bits per heavy atom. The van der Waals surface area contributed by atoms with Gasteiger partial charge in [0.05, 0.1) is 4.47 Å². The lowest BCUT2D eigenvalue weighted by molar-refractivity contribution is -0.118. The van der Waals surface area contributed by atoms with Crippen LogP contribution in [0.15, 0.2) is 46.9 Å². The summed E-state index contributed by atoms with van der Waals surface area (Å²) in [6, 6.07) is 13.6. The van der Waals surface area contributed by atoms with Crippen LogP contribution in [0.5, 0.6) is 5.75 Å². The van der Waals surface area contributed by atoms with Crippen LogP contribution in [-0.2, 0) is 11.2 Å². The fraction of sp³-hybridized carbons (Fsp3) is 0.316. The van der Waals surface area contributed by atoms with Crippen molar-refractivity contribution < 1.29 is 9.53 Å². The van der Waals surface area contributed by atoms with E-state index in [1.807, 2.05) is 61.5 Å². The van der Waals surface area contributed by atoms with Crippen LogP contribution < -0.4 is 15.0 Å². The highest BCUT2D eigenvalue weighted by Gasteiger charge is 2.07. The zero-order valence-electron chi connectivity index (χ0n) is 14.3. The molecule has 0 heterocycles. The Balaban J connectivity index is 1.89. The summed E-state index contributed by atoms with van der Waals surface area (Å²) in [5, 5.41) is 2.83. The molecule has 0 saturated heterocycles. The van der Waals surface area contributed by atoms with Gasteiger partial charge in [-0.1, -0.05) is 19.4 Å². The van der Waals surface area contributed by atoms with E-state index in [9.17, 15) is 4.79 Å². The second-order valence-corrected chi connectivity index (χ2v) is 6.65. The maximum absolute atomic E-state index is 12.0. The molecule has 0 unspecified atom stereocenters. The van der Waals surface area contributed by atoms with Gasteiger partial charge in [0.2, 0.25) is 0 Å². The number of nitrogens with one attached hydrogen (secondary N) is 1. The molecule has 0 aliphatic rings. The highest BCUT2D eigenvalue weighted by Crippen LogP contribution is 2.26. The third kappa shape index (κ3) is 5.27. The largest absolute Gasteiger partial charge is 0.483 e. The number of halogens is 1. The Bertz CT molecular complexity index is 684. The molecule has 0 spiro atoms. The van der Waals surface area contributed by atoms with Gasteiger partial charge in [-0.3, -0.25) is 4.79 Å². The first kappa shape index (κ1) is 18.3. The van der Waals surface area contributed by atoms with E-state index in [0.717, 1.165) is 28.7 Å². The van der Waals surface area contributed by atoms with Crippen LogP contribution in [0.1, 0.15) is 18.9 Å². The maximum atomic E-state index is 12.0. The van der Waals surface area contributed by atoms with E-state index in [2.05, 4.69) is 28.2 Å². The molecule has 128 valence electrons. The maximum Gasteiger partial charge on any atom is 0.262 e. The summed E-state index contributed by atoms with van der Waals surface area (Å²) in [6.07, 6.45) is 2.13. The van der Waals surface area contributed by atoms with Crippen molar-refractivity contribution in [2.75, 3.05) is 30.9 Å². The molecule has 0 aliphatic carbocycles. The first-order chi connectivity index (χ1) is 11.5. The van der Waals surface area contributed by atoms with E-state index >= 15 is 0 Å². The molecular weight excluding hydrogens is 368 g/mol. The molecule has 0 aromatic heterocycles. The summed E-state index contributed by atoms with van der Waals surface area (Å²) in [7, 11) is 3.95. The van der Waals surface area contributed by atoms with Gasteiger partial charge in [0, 0.05) is 25.5 Å². The SMILES string of the molecule is CCCc1ccc(OCC(=O)Nc2ccc(N(C)C)cc2)c(Br)c1. The van der Waals surface area contributed by atoms with Crippen molar-refractivity contribution >= 4 is 33.2 Å². The van der Waals surface area contributed by atoms with Gasteiger partial charge in [-0.15, -0.1) is 0 Å². The molecule has 1 amide bonds. The summed E-state index contributed by atoms with van der Waals surface area (Å²) >= 11 is 3.49. The van der Waals surface area contributed by atoms with Crippen LogP contribution in [0.25, 0.3) is 0 Å². The fourth-order valence-electron chi connectivity index (χ4n) is 2.29. The number of aryl methyl sites for hydroxylation is 1. The first-order valence-electron chi connectivity index (χ1n) is 7.98. The minimum atomic E-state index is -0.183. The van der Waals surface area contributed by atoms with Crippen LogP contribution in [0, 0.1) is 0 Å². The summed E-state index contributed by atoms with van der Waals surface area (Å²) in [5.74, 6) is 0.491. The molecular formula is C19H23BrN2O2. The molecule has 1 N–H and O–H groups in total. The van der Waals surface area contributed by atoms with Crippen molar-refractivity contribution in [3.8, 4) is 5.75 Å². The summed E-state index contributed by atoms with van der Waals surface area (Å²) < 4.78 is 6.47. The zero-order chi connectivity index (χ0) is 17.5. The predicted molar refractivity (Wildman–Crippen MR) is 103 cm³/mol. The highest BCUT2D eigenvalue weighted by molar-refractivity contribution is 9.10. The molecule has 5 heteroatoms. The molecule has 4 nitrogen and oxygen atoms in total. The molecule has 2 rings (SSSR count). The Morgan fingerprint density at radius 2 is 1.88 bits per heavy atom. The Labute approximate surface area is 151 Å². The number of amides is 1. The number of carbonyl (C=O) groups excluding carboxylic acids is 1. The summed E-state index contributed by atoms with van der Waals surface area (Å²) in [4.78, 5) is 14.0. The first-order valence-corrected chi connectivity index (χ1v) is 8.77. The number of anilines is 2. The van der Waals surface area contributed by atoms with E-state index < -0.39 is 0 Å². The van der Waals surface area contributed by atoms with Crippen molar-refractivity contribution in [3.63, 3.8) is 0 Å². The van der Waals surface area contributed by atoms with Crippen LogP contribution in [0.4, 0.5) is 11.4 Å². The lowest BCUT2D eigenvalue weighted by Crippen LogP contribution is -2.20. The topological polar surface area (TPSA) is 41.6 Å². The number of carbonyl (C=O) groups is 1. The van der Waals surface area contributed by atoms with Crippen molar-refractivity contribution in [1.82, 2.24) is 0 Å². The normalized spacial score (nSPS) is 10.3. The van der Waals surface area contributed by atoms with E-state index in [4.69, 9.17) is 4.74 Å². The average molecular weight is 391 g/mol. The lowest BCUT2D eigenvalue weighted by atomic mass is 10.1. The van der Waals surface area contributed by atoms with Gasteiger partial charge < -0.3 is 15.0 Å².